The fourth-order valence-electron chi connectivity index (χ4n) is 3.05. The average Bonchev–Trinajstić information content (AvgIpc) is 2.57. The van der Waals surface area contributed by atoms with Crippen LogP contribution in [0.3, 0.4) is 0 Å². The van der Waals surface area contributed by atoms with Crippen molar-refractivity contribution in [3.63, 3.8) is 0 Å². The number of para-hydroxylation sites is 1. The molecule has 2 N–H and O–H groups in total. The number of hydrogen-bond donors (Lipinski definition) is 2. The summed E-state index contributed by atoms with van der Waals surface area (Å²) in [6.07, 6.45) is 1.17. The van der Waals surface area contributed by atoms with Gasteiger partial charge in [-0.1, -0.05) is 18.2 Å². The van der Waals surface area contributed by atoms with Gasteiger partial charge in [-0.2, -0.15) is 0 Å². The lowest BCUT2D eigenvalue weighted by Gasteiger charge is -2.38. The first kappa shape index (κ1) is 20.5. The van der Waals surface area contributed by atoms with Crippen LogP contribution in [-0.4, -0.2) is 70.3 Å². The highest BCUT2D eigenvalue weighted by atomic mass is 32.2. The highest BCUT2D eigenvalue weighted by molar-refractivity contribution is 7.88. The maximum Gasteiger partial charge on any atom is 0.209 e. The van der Waals surface area contributed by atoms with E-state index in [0.717, 1.165) is 38.7 Å². The Bertz CT molecular complexity index is 696. The minimum absolute atomic E-state index is 0.376. The lowest BCUT2D eigenvalue weighted by atomic mass is 10.1. The van der Waals surface area contributed by atoms with Crippen LogP contribution in [0.25, 0.3) is 0 Å². The Morgan fingerprint density at radius 1 is 1.15 bits per heavy atom. The van der Waals surface area contributed by atoms with Crippen molar-refractivity contribution in [2.24, 2.45) is 4.99 Å². The summed E-state index contributed by atoms with van der Waals surface area (Å²) in [4.78, 5) is 9.28. The third-order valence-corrected chi connectivity index (χ3v) is 5.04. The third kappa shape index (κ3) is 6.49. The second kappa shape index (κ2) is 8.73. The van der Waals surface area contributed by atoms with Crippen LogP contribution in [0.15, 0.2) is 35.3 Å². The van der Waals surface area contributed by atoms with Crippen LogP contribution in [0, 0.1) is 0 Å². The molecule has 146 valence electrons. The van der Waals surface area contributed by atoms with Gasteiger partial charge in [0.1, 0.15) is 0 Å². The number of benzene rings is 1. The minimum Gasteiger partial charge on any atom is -0.368 e. The molecule has 0 amide bonds. The second-order valence-corrected chi connectivity index (χ2v) is 8.99. The molecule has 26 heavy (non-hydrogen) atoms. The SMILES string of the molecule is CCNC(=NCC(C)(C)NS(C)(=O)=O)N1CCN(c2ccccc2)CC1. The van der Waals surface area contributed by atoms with Gasteiger partial charge in [-0.15, -0.1) is 0 Å². The molecule has 1 aromatic carbocycles. The number of aliphatic imine (C=N–C) groups is 1. The Morgan fingerprint density at radius 2 is 1.77 bits per heavy atom. The van der Waals surface area contributed by atoms with Gasteiger partial charge in [-0.05, 0) is 32.9 Å². The number of sulfonamides is 1. The Morgan fingerprint density at radius 3 is 2.31 bits per heavy atom. The summed E-state index contributed by atoms with van der Waals surface area (Å²) in [5, 5.41) is 3.32. The molecule has 1 aliphatic heterocycles. The molecule has 7 nitrogen and oxygen atoms in total. The van der Waals surface area contributed by atoms with Crippen LogP contribution >= 0.6 is 0 Å². The van der Waals surface area contributed by atoms with Crippen molar-refractivity contribution in [1.82, 2.24) is 14.9 Å². The number of piperazine rings is 1. The first-order valence-electron chi connectivity index (χ1n) is 9.02. The molecule has 8 heteroatoms. The molecule has 0 radical (unpaired) electrons. The lowest BCUT2D eigenvalue weighted by molar-refractivity contribution is 0.369. The molecule has 0 aromatic heterocycles. The number of rotatable bonds is 6. The Balaban J connectivity index is 1.99. The molecule has 1 fully saturated rings. The predicted octanol–water partition coefficient (Wildman–Crippen LogP) is 1.10. The molecule has 1 heterocycles. The zero-order valence-corrected chi connectivity index (χ0v) is 17.0. The van der Waals surface area contributed by atoms with Gasteiger partial charge in [-0.3, -0.25) is 4.99 Å². The van der Waals surface area contributed by atoms with Crippen molar-refractivity contribution in [2.45, 2.75) is 26.3 Å². The van der Waals surface area contributed by atoms with Crippen molar-refractivity contribution in [3.8, 4) is 0 Å². The Kier molecular flexibility index (Phi) is 6.88. The predicted molar refractivity (Wildman–Crippen MR) is 108 cm³/mol. The van der Waals surface area contributed by atoms with Gasteiger partial charge < -0.3 is 15.1 Å². The first-order chi connectivity index (χ1) is 12.2. The van der Waals surface area contributed by atoms with Crippen molar-refractivity contribution >= 4 is 21.7 Å². The van der Waals surface area contributed by atoms with Crippen molar-refractivity contribution in [3.05, 3.63) is 30.3 Å². The van der Waals surface area contributed by atoms with E-state index in [9.17, 15) is 8.42 Å². The van der Waals surface area contributed by atoms with Crippen molar-refractivity contribution in [2.75, 3.05) is 50.4 Å². The van der Waals surface area contributed by atoms with Crippen LogP contribution in [-0.2, 0) is 10.0 Å². The Labute approximate surface area is 157 Å². The fourth-order valence-corrected chi connectivity index (χ4v) is 4.12. The van der Waals surface area contributed by atoms with E-state index < -0.39 is 15.6 Å². The molecule has 0 bridgehead atoms. The van der Waals surface area contributed by atoms with Gasteiger partial charge in [0.05, 0.1) is 12.8 Å². The smallest absolute Gasteiger partial charge is 0.209 e. The lowest BCUT2D eigenvalue weighted by Crippen LogP contribution is -2.53. The standard InChI is InChI=1S/C18H31N5O2S/c1-5-19-17(20-15-18(2,3)21-26(4,24)25)23-13-11-22(12-14-23)16-9-7-6-8-10-16/h6-10,21H,5,11-15H2,1-4H3,(H,19,20). The molecule has 0 unspecified atom stereocenters. The van der Waals surface area contributed by atoms with Gasteiger partial charge in [0.25, 0.3) is 0 Å². The van der Waals surface area contributed by atoms with Gasteiger partial charge >= 0.3 is 0 Å². The second-order valence-electron chi connectivity index (χ2n) is 7.24. The van der Waals surface area contributed by atoms with Crippen LogP contribution in [0.2, 0.25) is 0 Å². The summed E-state index contributed by atoms with van der Waals surface area (Å²) >= 11 is 0. The highest BCUT2D eigenvalue weighted by Crippen LogP contribution is 2.15. The largest absolute Gasteiger partial charge is 0.368 e. The molecule has 0 spiro atoms. The van der Waals surface area contributed by atoms with Crippen LogP contribution in [0.5, 0.6) is 0 Å². The van der Waals surface area contributed by atoms with Gasteiger partial charge in [-0.25, -0.2) is 13.1 Å². The third-order valence-electron chi connectivity index (χ3n) is 4.12. The van der Waals surface area contributed by atoms with Crippen LogP contribution in [0.4, 0.5) is 5.69 Å². The summed E-state index contributed by atoms with van der Waals surface area (Å²) in [5.41, 5.74) is 0.618. The molecule has 0 atom stereocenters. The molecule has 0 saturated carbocycles. The number of guanidine groups is 1. The monoisotopic (exact) mass is 381 g/mol. The van der Waals surface area contributed by atoms with Gasteiger partial charge in [0.15, 0.2) is 5.96 Å². The van der Waals surface area contributed by atoms with Crippen molar-refractivity contribution in [1.29, 1.82) is 0 Å². The van der Waals surface area contributed by atoms with Crippen LogP contribution < -0.4 is 14.9 Å². The minimum atomic E-state index is -3.26. The topological polar surface area (TPSA) is 77.0 Å². The number of nitrogens with one attached hydrogen (secondary N) is 2. The summed E-state index contributed by atoms with van der Waals surface area (Å²) < 4.78 is 25.6. The number of nitrogens with zero attached hydrogens (tertiary/aromatic N) is 3. The van der Waals surface area contributed by atoms with Crippen LogP contribution in [0.1, 0.15) is 20.8 Å². The summed E-state index contributed by atoms with van der Waals surface area (Å²) in [6.45, 7) is 10.5. The normalized spacial score (nSPS) is 16.7. The van der Waals surface area contributed by atoms with E-state index in [4.69, 9.17) is 0 Å². The van der Waals surface area contributed by atoms with E-state index in [0.29, 0.717) is 6.54 Å². The summed E-state index contributed by atoms with van der Waals surface area (Å²) in [6, 6.07) is 10.4. The average molecular weight is 382 g/mol. The Hall–Kier alpha value is -1.80. The quantitative estimate of drug-likeness (QED) is 0.570. The molecular weight excluding hydrogens is 350 g/mol. The molecule has 1 saturated heterocycles. The molecule has 1 aliphatic rings. The molecule has 2 rings (SSSR count). The van der Waals surface area contributed by atoms with Gasteiger partial charge in [0, 0.05) is 44.0 Å². The van der Waals surface area contributed by atoms with Gasteiger partial charge in [0.2, 0.25) is 10.0 Å². The fraction of sp³-hybridized carbons (Fsp3) is 0.611. The van der Waals surface area contributed by atoms with E-state index in [2.05, 4.69) is 49.1 Å². The van der Waals surface area contributed by atoms with E-state index in [1.807, 2.05) is 26.8 Å². The summed E-state index contributed by atoms with van der Waals surface area (Å²) in [7, 11) is -3.26. The zero-order chi connectivity index (χ0) is 19.2. The molecule has 1 aromatic rings. The number of hydrogen-bond acceptors (Lipinski definition) is 4. The zero-order valence-electron chi connectivity index (χ0n) is 16.2. The maximum atomic E-state index is 11.5. The first-order valence-corrected chi connectivity index (χ1v) is 10.9. The number of anilines is 1. The summed E-state index contributed by atoms with van der Waals surface area (Å²) in [5.74, 6) is 0.837. The highest BCUT2D eigenvalue weighted by Gasteiger charge is 2.24. The maximum absolute atomic E-state index is 11.5. The van der Waals surface area contributed by atoms with E-state index >= 15 is 0 Å². The van der Waals surface area contributed by atoms with E-state index in [-0.39, 0.29) is 0 Å². The van der Waals surface area contributed by atoms with E-state index in [1.165, 1.54) is 11.9 Å². The molecular formula is C18H31N5O2S. The van der Waals surface area contributed by atoms with Crippen molar-refractivity contribution < 1.29 is 8.42 Å². The van der Waals surface area contributed by atoms with E-state index in [1.54, 1.807) is 0 Å². The molecule has 0 aliphatic carbocycles.